The van der Waals surface area contributed by atoms with E-state index in [-0.39, 0.29) is 11.3 Å². The van der Waals surface area contributed by atoms with Crippen molar-refractivity contribution in [2.45, 2.75) is 0 Å². The third kappa shape index (κ3) is 2.99. The molecular weight excluding hydrogens is 356 g/mol. The Labute approximate surface area is 159 Å². The summed E-state index contributed by atoms with van der Waals surface area (Å²) in [5.41, 5.74) is 5.00. The summed E-state index contributed by atoms with van der Waals surface area (Å²) in [6.45, 7) is 0. The van der Waals surface area contributed by atoms with E-state index in [1.807, 2.05) is 30.3 Å². The van der Waals surface area contributed by atoms with Crippen LogP contribution in [0, 0.1) is 0 Å². The van der Waals surface area contributed by atoms with Gasteiger partial charge in [0, 0.05) is 18.0 Å². The summed E-state index contributed by atoms with van der Waals surface area (Å²) in [7, 11) is 1.47. The molecule has 2 amide bonds. The van der Waals surface area contributed by atoms with Gasteiger partial charge in [-0.1, -0.05) is 54.6 Å². The highest BCUT2D eigenvalue weighted by Gasteiger charge is 2.17. The first-order chi connectivity index (χ1) is 13.6. The van der Waals surface area contributed by atoms with Crippen LogP contribution in [0.1, 0.15) is 20.8 Å². The molecule has 7 heteroatoms. The molecule has 4 rings (SSSR count). The summed E-state index contributed by atoms with van der Waals surface area (Å²) >= 11 is 0. The lowest BCUT2D eigenvalue weighted by Gasteiger charge is -2.11. The van der Waals surface area contributed by atoms with Crippen LogP contribution in [-0.2, 0) is 7.05 Å². The van der Waals surface area contributed by atoms with Crippen molar-refractivity contribution in [1.82, 2.24) is 20.6 Å². The van der Waals surface area contributed by atoms with Crippen molar-refractivity contribution in [3.8, 4) is 0 Å². The summed E-state index contributed by atoms with van der Waals surface area (Å²) < 4.78 is 1.10. The Morgan fingerprint density at radius 3 is 2.18 bits per heavy atom. The van der Waals surface area contributed by atoms with Crippen LogP contribution in [0.25, 0.3) is 21.5 Å². The Kier molecular flexibility index (Phi) is 4.33. The maximum absolute atomic E-state index is 12.6. The first kappa shape index (κ1) is 17.4. The predicted octanol–water partition coefficient (Wildman–Crippen LogP) is 2.16. The molecule has 0 saturated heterocycles. The minimum atomic E-state index is -0.611. The molecule has 0 unspecified atom stereocenters. The zero-order valence-electron chi connectivity index (χ0n) is 15.0. The summed E-state index contributed by atoms with van der Waals surface area (Å²) in [6.07, 6.45) is 0. The molecule has 138 valence electrons. The number of benzene rings is 3. The summed E-state index contributed by atoms with van der Waals surface area (Å²) in [6, 6.07) is 19.6. The maximum atomic E-state index is 12.6. The Bertz CT molecular complexity index is 1290. The number of fused-ring (bicyclic) bond motifs is 2. The van der Waals surface area contributed by atoms with Crippen LogP contribution in [-0.4, -0.2) is 21.6 Å². The predicted molar refractivity (Wildman–Crippen MR) is 106 cm³/mol. The molecule has 1 heterocycles. The SMILES string of the molecule is Cn1nc(C(=O)NNC(=O)c2cccc3ccccc23)c2ccccc2c1=O. The van der Waals surface area contributed by atoms with Gasteiger partial charge < -0.3 is 0 Å². The van der Waals surface area contributed by atoms with Gasteiger partial charge in [0.15, 0.2) is 5.69 Å². The highest BCUT2D eigenvalue weighted by molar-refractivity contribution is 6.09. The molecule has 0 atom stereocenters. The molecule has 1 aromatic heterocycles. The number of hydrazine groups is 1. The molecule has 4 aromatic rings. The minimum absolute atomic E-state index is 0.0518. The minimum Gasteiger partial charge on any atom is -0.267 e. The lowest BCUT2D eigenvalue weighted by Crippen LogP contribution is -2.42. The Morgan fingerprint density at radius 1 is 0.786 bits per heavy atom. The van der Waals surface area contributed by atoms with E-state index in [0.717, 1.165) is 15.5 Å². The fourth-order valence-electron chi connectivity index (χ4n) is 3.13. The van der Waals surface area contributed by atoms with Gasteiger partial charge in [-0.05, 0) is 22.9 Å². The van der Waals surface area contributed by atoms with E-state index in [1.54, 1.807) is 36.4 Å². The number of nitrogens with zero attached hydrogens (tertiary/aromatic N) is 2. The van der Waals surface area contributed by atoms with E-state index in [2.05, 4.69) is 16.0 Å². The van der Waals surface area contributed by atoms with E-state index in [4.69, 9.17) is 0 Å². The van der Waals surface area contributed by atoms with Crippen molar-refractivity contribution in [3.63, 3.8) is 0 Å². The van der Waals surface area contributed by atoms with Crippen LogP contribution in [0.5, 0.6) is 0 Å². The van der Waals surface area contributed by atoms with Crippen LogP contribution in [0.3, 0.4) is 0 Å². The molecular formula is C21H16N4O3. The molecule has 0 aliphatic rings. The standard InChI is InChI=1S/C21H16N4O3/c1-25-21(28)17-11-5-4-10-15(17)18(24-25)20(27)23-22-19(26)16-12-6-8-13-7-2-3-9-14(13)16/h2-12H,1H3,(H,22,26)(H,23,27). The Balaban J connectivity index is 1.62. The zero-order chi connectivity index (χ0) is 19.7. The number of carbonyl (C=O) groups is 2. The highest BCUT2D eigenvalue weighted by atomic mass is 16.2. The molecule has 7 nitrogen and oxygen atoms in total. The molecule has 0 aliphatic heterocycles. The van der Waals surface area contributed by atoms with Gasteiger partial charge in [0.1, 0.15) is 0 Å². The Morgan fingerprint density at radius 2 is 1.39 bits per heavy atom. The quantitative estimate of drug-likeness (QED) is 0.528. The molecule has 0 bridgehead atoms. The van der Waals surface area contributed by atoms with Gasteiger partial charge in [-0.2, -0.15) is 5.10 Å². The number of aromatic nitrogens is 2. The van der Waals surface area contributed by atoms with Gasteiger partial charge in [0.05, 0.1) is 5.39 Å². The first-order valence-corrected chi connectivity index (χ1v) is 8.61. The number of rotatable bonds is 2. The van der Waals surface area contributed by atoms with E-state index in [1.165, 1.54) is 7.05 Å². The van der Waals surface area contributed by atoms with Gasteiger partial charge in [-0.3, -0.25) is 25.2 Å². The molecule has 3 aromatic carbocycles. The molecule has 0 fully saturated rings. The van der Waals surface area contributed by atoms with Crippen molar-refractivity contribution in [2.75, 3.05) is 0 Å². The van der Waals surface area contributed by atoms with E-state index in [9.17, 15) is 14.4 Å². The zero-order valence-corrected chi connectivity index (χ0v) is 15.0. The summed E-state index contributed by atoms with van der Waals surface area (Å²) in [4.78, 5) is 37.4. The molecule has 28 heavy (non-hydrogen) atoms. The maximum Gasteiger partial charge on any atom is 0.290 e. The van der Waals surface area contributed by atoms with E-state index in [0.29, 0.717) is 16.3 Å². The van der Waals surface area contributed by atoms with Crippen molar-refractivity contribution >= 4 is 33.4 Å². The monoisotopic (exact) mass is 372 g/mol. The fourth-order valence-corrected chi connectivity index (χ4v) is 3.13. The first-order valence-electron chi connectivity index (χ1n) is 8.61. The lowest BCUT2D eigenvalue weighted by atomic mass is 10.0. The third-order valence-corrected chi connectivity index (χ3v) is 4.50. The van der Waals surface area contributed by atoms with Gasteiger partial charge in [0.2, 0.25) is 0 Å². The third-order valence-electron chi connectivity index (χ3n) is 4.50. The topological polar surface area (TPSA) is 93.1 Å². The van der Waals surface area contributed by atoms with Crippen molar-refractivity contribution in [3.05, 3.63) is 88.3 Å². The molecule has 0 aliphatic carbocycles. The normalized spacial score (nSPS) is 10.8. The van der Waals surface area contributed by atoms with Gasteiger partial charge in [-0.25, -0.2) is 4.68 Å². The number of aryl methyl sites for hydroxylation is 1. The van der Waals surface area contributed by atoms with Gasteiger partial charge in [-0.15, -0.1) is 0 Å². The summed E-state index contributed by atoms with van der Waals surface area (Å²) in [5.74, 6) is -1.06. The average Bonchev–Trinajstić information content (AvgIpc) is 2.74. The molecule has 2 N–H and O–H groups in total. The van der Waals surface area contributed by atoms with Crippen LogP contribution in [0.4, 0.5) is 0 Å². The number of hydrogen-bond donors (Lipinski definition) is 2. The number of nitrogens with one attached hydrogen (secondary N) is 2. The van der Waals surface area contributed by atoms with E-state index >= 15 is 0 Å². The Hall–Kier alpha value is -4.00. The average molecular weight is 372 g/mol. The van der Waals surface area contributed by atoms with Crippen molar-refractivity contribution in [2.24, 2.45) is 7.05 Å². The molecule has 0 radical (unpaired) electrons. The van der Waals surface area contributed by atoms with Crippen LogP contribution in [0.2, 0.25) is 0 Å². The molecule has 0 saturated carbocycles. The van der Waals surface area contributed by atoms with Crippen molar-refractivity contribution < 1.29 is 9.59 Å². The van der Waals surface area contributed by atoms with Crippen LogP contribution < -0.4 is 16.4 Å². The number of carbonyl (C=O) groups excluding carboxylic acids is 2. The number of hydrogen-bond acceptors (Lipinski definition) is 4. The van der Waals surface area contributed by atoms with Crippen LogP contribution >= 0.6 is 0 Å². The van der Waals surface area contributed by atoms with Gasteiger partial charge in [0.25, 0.3) is 17.4 Å². The fraction of sp³-hybridized carbons (Fsp3) is 0.0476. The number of amides is 2. The smallest absolute Gasteiger partial charge is 0.267 e. The second-order valence-electron chi connectivity index (χ2n) is 6.26. The van der Waals surface area contributed by atoms with Crippen LogP contribution in [0.15, 0.2) is 71.5 Å². The molecule has 0 spiro atoms. The summed E-state index contributed by atoms with van der Waals surface area (Å²) in [5, 5.41) is 6.54. The lowest BCUT2D eigenvalue weighted by molar-refractivity contribution is 0.0844. The largest absolute Gasteiger partial charge is 0.290 e. The van der Waals surface area contributed by atoms with E-state index < -0.39 is 11.8 Å². The second kappa shape index (κ2) is 6.96. The van der Waals surface area contributed by atoms with Gasteiger partial charge >= 0.3 is 0 Å². The van der Waals surface area contributed by atoms with Crippen molar-refractivity contribution in [1.29, 1.82) is 0 Å². The second-order valence-corrected chi connectivity index (χ2v) is 6.26. The highest BCUT2D eigenvalue weighted by Crippen LogP contribution is 2.18.